The average molecular weight is 231 g/mol. The summed E-state index contributed by atoms with van der Waals surface area (Å²) in [7, 11) is 0. The predicted octanol–water partition coefficient (Wildman–Crippen LogP) is 2.36. The summed E-state index contributed by atoms with van der Waals surface area (Å²) in [6, 6.07) is 0. The third kappa shape index (κ3) is 2.87. The van der Waals surface area contributed by atoms with E-state index in [1.54, 1.807) is 20.8 Å². The summed E-state index contributed by atoms with van der Waals surface area (Å²) in [6.07, 6.45) is -2.66. The van der Waals surface area contributed by atoms with Crippen molar-refractivity contribution in [2.45, 2.75) is 39.7 Å². The number of ether oxygens (including phenoxy) is 1. The largest absolute Gasteiger partial charge is 0.456 e. The van der Waals surface area contributed by atoms with E-state index in [1.165, 1.54) is 6.92 Å². The van der Waals surface area contributed by atoms with E-state index in [9.17, 15) is 13.6 Å². The molecule has 16 heavy (non-hydrogen) atoms. The van der Waals surface area contributed by atoms with Crippen LogP contribution in [0.4, 0.5) is 8.78 Å². The first-order valence-electron chi connectivity index (χ1n) is 4.98. The normalized spacial score (nSPS) is 16.8. The fourth-order valence-electron chi connectivity index (χ4n) is 1.38. The van der Waals surface area contributed by atoms with Crippen molar-refractivity contribution in [3.8, 4) is 0 Å². The molecular weight excluding hydrogens is 216 g/mol. The van der Waals surface area contributed by atoms with Crippen LogP contribution in [0, 0.1) is 0 Å². The van der Waals surface area contributed by atoms with Crippen LogP contribution < -0.4 is 0 Å². The molecule has 0 N–H and O–H groups in total. The molecule has 0 aromatic carbocycles. The van der Waals surface area contributed by atoms with Crippen LogP contribution in [0.5, 0.6) is 0 Å². The Morgan fingerprint density at radius 1 is 1.44 bits per heavy atom. The molecule has 3 nitrogen and oxygen atoms in total. The van der Waals surface area contributed by atoms with E-state index in [2.05, 4.69) is 4.99 Å². The molecule has 0 bridgehead atoms. The molecule has 0 saturated heterocycles. The zero-order valence-corrected chi connectivity index (χ0v) is 9.80. The molecule has 0 aliphatic carbocycles. The molecule has 0 aromatic heterocycles. The number of hydrogen-bond acceptors (Lipinski definition) is 3. The minimum atomic E-state index is -2.66. The SMILES string of the molecule is CC1=NCC(C(F)F)=C1C(=O)OC(C)(C)C. The zero-order valence-electron chi connectivity index (χ0n) is 9.80. The molecule has 1 aliphatic rings. The van der Waals surface area contributed by atoms with Crippen molar-refractivity contribution < 1.29 is 18.3 Å². The van der Waals surface area contributed by atoms with E-state index in [1.807, 2.05) is 0 Å². The fraction of sp³-hybridized carbons (Fsp3) is 0.636. The summed E-state index contributed by atoms with van der Waals surface area (Å²) in [5.41, 5.74) is -0.679. The Labute approximate surface area is 93.2 Å². The lowest BCUT2D eigenvalue weighted by atomic mass is 10.1. The van der Waals surface area contributed by atoms with Crippen molar-refractivity contribution in [2.75, 3.05) is 6.54 Å². The third-order valence-corrected chi connectivity index (χ3v) is 2.04. The highest BCUT2D eigenvalue weighted by molar-refractivity contribution is 6.20. The summed E-state index contributed by atoms with van der Waals surface area (Å²) >= 11 is 0. The van der Waals surface area contributed by atoms with Crippen LogP contribution in [-0.4, -0.2) is 30.3 Å². The Kier molecular flexibility index (Phi) is 3.45. The monoisotopic (exact) mass is 231 g/mol. The van der Waals surface area contributed by atoms with E-state index in [4.69, 9.17) is 4.74 Å². The maximum absolute atomic E-state index is 12.6. The van der Waals surface area contributed by atoms with Gasteiger partial charge in [0.25, 0.3) is 6.43 Å². The number of hydrogen-bond donors (Lipinski definition) is 0. The molecule has 5 heteroatoms. The molecule has 0 fully saturated rings. The minimum absolute atomic E-state index is 0.0649. The first kappa shape index (κ1) is 12.8. The lowest BCUT2D eigenvalue weighted by Gasteiger charge is -2.20. The molecule has 90 valence electrons. The Morgan fingerprint density at radius 2 is 2.00 bits per heavy atom. The maximum atomic E-state index is 12.6. The van der Waals surface area contributed by atoms with Gasteiger partial charge in [-0.3, -0.25) is 4.99 Å². The van der Waals surface area contributed by atoms with E-state index < -0.39 is 18.0 Å². The van der Waals surface area contributed by atoms with Gasteiger partial charge in [0.1, 0.15) is 5.60 Å². The summed E-state index contributed by atoms with van der Waals surface area (Å²) in [5, 5.41) is 0. The quantitative estimate of drug-likeness (QED) is 0.684. The van der Waals surface area contributed by atoms with Gasteiger partial charge in [-0.1, -0.05) is 0 Å². The molecule has 0 amide bonds. The minimum Gasteiger partial charge on any atom is -0.456 e. The second-order valence-electron chi connectivity index (χ2n) is 4.60. The molecule has 1 rings (SSSR count). The second-order valence-corrected chi connectivity index (χ2v) is 4.60. The van der Waals surface area contributed by atoms with Crippen molar-refractivity contribution >= 4 is 11.7 Å². The van der Waals surface area contributed by atoms with Gasteiger partial charge in [-0.15, -0.1) is 0 Å². The molecule has 0 atom stereocenters. The van der Waals surface area contributed by atoms with Crippen LogP contribution in [0.1, 0.15) is 27.7 Å². The summed E-state index contributed by atoms with van der Waals surface area (Å²) < 4.78 is 30.3. The van der Waals surface area contributed by atoms with Crippen LogP contribution in [0.15, 0.2) is 16.1 Å². The standard InChI is InChI=1S/C11H15F2NO2/c1-6-8(7(5-14-6)9(12)13)10(15)16-11(2,3)4/h9H,5H2,1-4H3. The van der Waals surface area contributed by atoms with Gasteiger partial charge < -0.3 is 4.74 Å². The molecule has 0 aromatic rings. The van der Waals surface area contributed by atoms with Gasteiger partial charge in [-0.05, 0) is 27.7 Å². The highest BCUT2D eigenvalue weighted by Crippen LogP contribution is 2.24. The second kappa shape index (κ2) is 4.31. The summed E-state index contributed by atoms with van der Waals surface area (Å²) in [6.45, 7) is 6.49. The lowest BCUT2D eigenvalue weighted by molar-refractivity contribution is -0.149. The molecule has 0 radical (unpaired) electrons. The number of esters is 1. The van der Waals surface area contributed by atoms with E-state index in [0.717, 1.165) is 0 Å². The van der Waals surface area contributed by atoms with Crippen molar-refractivity contribution in [2.24, 2.45) is 4.99 Å². The van der Waals surface area contributed by atoms with Gasteiger partial charge in [0, 0.05) is 11.3 Å². The van der Waals surface area contributed by atoms with Crippen LogP contribution >= 0.6 is 0 Å². The molecule has 1 aliphatic heterocycles. The smallest absolute Gasteiger partial charge is 0.340 e. The number of alkyl halides is 2. The Morgan fingerprint density at radius 3 is 2.44 bits per heavy atom. The summed E-state index contributed by atoms with van der Waals surface area (Å²) in [4.78, 5) is 15.5. The van der Waals surface area contributed by atoms with E-state index >= 15 is 0 Å². The first-order chi connectivity index (χ1) is 7.22. The van der Waals surface area contributed by atoms with Gasteiger partial charge in [0.05, 0.1) is 12.1 Å². The van der Waals surface area contributed by atoms with Crippen LogP contribution in [-0.2, 0) is 9.53 Å². The van der Waals surface area contributed by atoms with Crippen molar-refractivity contribution in [1.29, 1.82) is 0 Å². The van der Waals surface area contributed by atoms with Gasteiger partial charge >= 0.3 is 5.97 Å². The topological polar surface area (TPSA) is 38.7 Å². The number of carbonyl (C=O) groups excluding carboxylic acids is 1. The molecule has 1 heterocycles. The Balaban J connectivity index is 2.96. The number of aliphatic imine (C=N–C) groups is 1. The molecule has 0 saturated carbocycles. The third-order valence-electron chi connectivity index (χ3n) is 2.04. The van der Waals surface area contributed by atoms with Crippen LogP contribution in [0.3, 0.4) is 0 Å². The van der Waals surface area contributed by atoms with Gasteiger partial charge in [-0.25, -0.2) is 13.6 Å². The summed E-state index contributed by atoms with van der Waals surface area (Å²) in [5.74, 6) is -0.721. The average Bonchev–Trinajstić information content (AvgIpc) is 2.43. The fourth-order valence-corrected chi connectivity index (χ4v) is 1.38. The van der Waals surface area contributed by atoms with E-state index in [-0.39, 0.29) is 17.7 Å². The van der Waals surface area contributed by atoms with Crippen molar-refractivity contribution in [1.82, 2.24) is 0 Å². The zero-order chi connectivity index (χ0) is 12.5. The highest BCUT2D eigenvalue weighted by Gasteiger charge is 2.31. The lowest BCUT2D eigenvalue weighted by Crippen LogP contribution is -2.27. The van der Waals surface area contributed by atoms with Gasteiger partial charge in [0.2, 0.25) is 0 Å². The number of halogens is 2. The van der Waals surface area contributed by atoms with Gasteiger partial charge in [-0.2, -0.15) is 0 Å². The predicted molar refractivity (Wildman–Crippen MR) is 56.9 cm³/mol. The van der Waals surface area contributed by atoms with Crippen molar-refractivity contribution in [3.63, 3.8) is 0 Å². The van der Waals surface area contributed by atoms with Crippen LogP contribution in [0.2, 0.25) is 0 Å². The molecule has 0 spiro atoms. The number of rotatable bonds is 2. The Bertz CT molecular complexity index is 365. The number of nitrogens with zero attached hydrogens (tertiary/aromatic N) is 1. The maximum Gasteiger partial charge on any atom is 0.340 e. The van der Waals surface area contributed by atoms with Crippen molar-refractivity contribution in [3.05, 3.63) is 11.1 Å². The Hall–Kier alpha value is -1.26. The van der Waals surface area contributed by atoms with Gasteiger partial charge in [0.15, 0.2) is 0 Å². The van der Waals surface area contributed by atoms with E-state index in [0.29, 0.717) is 5.71 Å². The molecule has 0 unspecified atom stereocenters. The first-order valence-corrected chi connectivity index (χ1v) is 4.98. The molecular formula is C11H15F2NO2. The van der Waals surface area contributed by atoms with Crippen LogP contribution in [0.25, 0.3) is 0 Å². The highest BCUT2D eigenvalue weighted by atomic mass is 19.3. The number of carbonyl (C=O) groups is 1.